The van der Waals surface area contributed by atoms with E-state index in [0.717, 1.165) is 37.2 Å². The smallest absolute Gasteiger partial charge is 0.371 e. The van der Waals surface area contributed by atoms with Gasteiger partial charge in [0, 0.05) is 18.8 Å². The van der Waals surface area contributed by atoms with E-state index >= 15 is 0 Å². The van der Waals surface area contributed by atoms with Crippen molar-refractivity contribution in [2.75, 3.05) is 18.0 Å². The number of halogens is 3. The molecule has 0 unspecified atom stereocenters. The van der Waals surface area contributed by atoms with Gasteiger partial charge in [-0.25, -0.2) is 0 Å². The molecule has 1 radical (unpaired) electrons. The van der Waals surface area contributed by atoms with E-state index in [1.54, 1.807) is 12.1 Å². The van der Waals surface area contributed by atoms with Gasteiger partial charge in [0.25, 0.3) is 0 Å². The van der Waals surface area contributed by atoms with Crippen molar-refractivity contribution in [3.05, 3.63) is 65.7 Å². The molecule has 1 aliphatic heterocycles. The van der Waals surface area contributed by atoms with Crippen molar-refractivity contribution in [2.45, 2.75) is 24.9 Å². The quantitative estimate of drug-likeness (QED) is 0.763. The lowest BCUT2D eigenvalue weighted by Gasteiger charge is -2.34. The van der Waals surface area contributed by atoms with E-state index < -0.39 is 11.7 Å². The van der Waals surface area contributed by atoms with Crippen LogP contribution in [0.4, 0.5) is 18.9 Å². The number of benzene rings is 2. The molecule has 0 bridgehead atoms. The van der Waals surface area contributed by atoms with Crippen LogP contribution in [0.2, 0.25) is 0 Å². The van der Waals surface area contributed by atoms with Gasteiger partial charge in [0.05, 0.1) is 5.56 Å². The molecule has 2 aromatic carbocycles. The monoisotopic (exact) mass is 304 g/mol. The Labute approximate surface area is 128 Å². The molecule has 1 nitrogen and oxygen atoms in total. The summed E-state index contributed by atoms with van der Waals surface area (Å²) in [5, 5.41) is 0. The van der Waals surface area contributed by atoms with Crippen LogP contribution >= 0.6 is 0 Å². The Balaban J connectivity index is 1.64. The van der Waals surface area contributed by atoms with Gasteiger partial charge in [0.15, 0.2) is 0 Å². The minimum Gasteiger partial charge on any atom is -0.371 e. The number of hydrogen-bond acceptors (Lipinski definition) is 1. The van der Waals surface area contributed by atoms with Crippen molar-refractivity contribution in [2.24, 2.45) is 0 Å². The lowest BCUT2D eigenvalue weighted by atomic mass is 9.89. The van der Waals surface area contributed by atoms with Crippen LogP contribution in [0.1, 0.15) is 29.9 Å². The number of piperidine rings is 1. The van der Waals surface area contributed by atoms with Gasteiger partial charge in [-0.2, -0.15) is 13.2 Å². The van der Waals surface area contributed by atoms with E-state index in [-0.39, 0.29) is 0 Å². The molecule has 0 N–H and O–H groups in total. The van der Waals surface area contributed by atoms with Gasteiger partial charge >= 0.3 is 6.18 Å². The molecule has 1 fully saturated rings. The molecule has 1 saturated heterocycles. The number of hydrogen-bond donors (Lipinski definition) is 0. The molecule has 0 atom stereocenters. The fraction of sp³-hybridized carbons (Fsp3) is 0.333. The summed E-state index contributed by atoms with van der Waals surface area (Å²) in [5.74, 6) is 0.339. The maximum absolute atomic E-state index is 12.6. The van der Waals surface area contributed by atoms with E-state index in [4.69, 9.17) is 0 Å². The van der Waals surface area contributed by atoms with Crippen LogP contribution in [0.5, 0.6) is 0 Å². The molecule has 0 aliphatic carbocycles. The second-order valence-electron chi connectivity index (χ2n) is 5.64. The van der Waals surface area contributed by atoms with Crippen LogP contribution in [-0.2, 0) is 6.18 Å². The minimum atomic E-state index is -4.26. The van der Waals surface area contributed by atoms with Gasteiger partial charge in [0.1, 0.15) is 0 Å². The molecule has 0 amide bonds. The van der Waals surface area contributed by atoms with E-state index in [2.05, 4.69) is 17.0 Å². The second kappa shape index (κ2) is 6.03. The zero-order valence-corrected chi connectivity index (χ0v) is 12.1. The summed E-state index contributed by atoms with van der Waals surface area (Å²) in [7, 11) is 0. The predicted molar refractivity (Wildman–Crippen MR) is 80.9 cm³/mol. The van der Waals surface area contributed by atoms with Crippen molar-refractivity contribution >= 4 is 5.69 Å². The molecule has 2 aromatic rings. The lowest BCUT2D eigenvalue weighted by molar-refractivity contribution is -0.137. The van der Waals surface area contributed by atoms with Gasteiger partial charge < -0.3 is 4.90 Å². The average Bonchev–Trinajstić information content (AvgIpc) is 2.55. The van der Waals surface area contributed by atoms with Gasteiger partial charge in [-0.1, -0.05) is 24.3 Å². The molecular formula is C18H17F3N. The van der Waals surface area contributed by atoms with Crippen LogP contribution in [0, 0.1) is 6.07 Å². The van der Waals surface area contributed by atoms with Crippen LogP contribution in [0.25, 0.3) is 0 Å². The molecular weight excluding hydrogens is 287 g/mol. The summed E-state index contributed by atoms with van der Waals surface area (Å²) in [4.78, 5) is 2.30. The molecule has 0 saturated carbocycles. The first-order valence-corrected chi connectivity index (χ1v) is 7.42. The molecule has 0 aromatic heterocycles. The summed E-state index contributed by atoms with van der Waals surface area (Å²) < 4.78 is 37.8. The fourth-order valence-electron chi connectivity index (χ4n) is 3.00. The molecule has 22 heavy (non-hydrogen) atoms. The standard InChI is InChI=1S/C18H17F3N/c19-18(20,21)16-8-6-14(7-9-16)15-10-12-22(13-11-15)17-4-2-1-3-5-17/h1-2,4-9,15H,10-13H2. The average molecular weight is 304 g/mol. The highest BCUT2D eigenvalue weighted by atomic mass is 19.4. The Morgan fingerprint density at radius 3 is 2.23 bits per heavy atom. The third kappa shape index (κ3) is 3.26. The lowest BCUT2D eigenvalue weighted by Crippen LogP contribution is -2.32. The highest BCUT2D eigenvalue weighted by molar-refractivity contribution is 5.46. The number of rotatable bonds is 2. The number of anilines is 1. The first kappa shape index (κ1) is 14.9. The van der Waals surface area contributed by atoms with Gasteiger partial charge in [-0.3, -0.25) is 0 Å². The summed E-state index contributed by atoms with van der Waals surface area (Å²) in [5.41, 5.74) is 1.59. The van der Waals surface area contributed by atoms with Crippen LogP contribution in [0.3, 0.4) is 0 Å². The Kier molecular flexibility index (Phi) is 4.10. The van der Waals surface area contributed by atoms with Crippen molar-refractivity contribution in [3.63, 3.8) is 0 Å². The molecule has 4 heteroatoms. The van der Waals surface area contributed by atoms with Crippen LogP contribution < -0.4 is 4.90 Å². The SMILES string of the molecule is FC(F)(F)c1ccc(C2CCN(c3c[c]ccc3)CC2)cc1. The first-order valence-electron chi connectivity index (χ1n) is 7.42. The highest BCUT2D eigenvalue weighted by Crippen LogP contribution is 2.33. The Morgan fingerprint density at radius 1 is 1.00 bits per heavy atom. The van der Waals surface area contributed by atoms with E-state index in [0.29, 0.717) is 5.92 Å². The molecule has 1 heterocycles. The minimum absolute atomic E-state index is 0.339. The topological polar surface area (TPSA) is 3.24 Å². The summed E-state index contributed by atoms with van der Waals surface area (Å²) in [6.45, 7) is 1.84. The predicted octanol–water partition coefficient (Wildman–Crippen LogP) is 4.89. The maximum Gasteiger partial charge on any atom is 0.416 e. The Bertz CT molecular complexity index is 596. The third-order valence-corrected chi connectivity index (χ3v) is 4.26. The Morgan fingerprint density at radius 2 is 1.68 bits per heavy atom. The zero-order chi connectivity index (χ0) is 15.6. The largest absolute Gasteiger partial charge is 0.416 e. The summed E-state index contributed by atoms with van der Waals surface area (Å²) >= 11 is 0. The molecule has 115 valence electrons. The first-order chi connectivity index (χ1) is 10.5. The molecule has 0 spiro atoms. The van der Waals surface area contributed by atoms with E-state index in [9.17, 15) is 13.2 Å². The summed E-state index contributed by atoms with van der Waals surface area (Å²) in [6, 6.07) is 16.6. The fourth-order valence-corrected chi connectivity index (χ4v) is 3.00. The van der Waals surface area contributed by atoms with Crippen molar-refractivity contribution in [3.8, 4) is 0 Å². The highest BCUT2D eigenvalue weighted by Gasteiger charge is 2.30. The van der Waals surface area contributed by atoms with Crippen molar-refractivity contribution < 1.29 is 13.2 Å². The van der Waals surface area contributed by atoms with Gasteiger partial charge in [-0.15, -0.1) is 0 Å². The normalized spacial score (nSPS) is 16.8. The van der Waals surface area contributed by atoms with Crippen LogP contribution in [-0.4, -0.2) is 13.1 Å². The second-order valence-corrected chi connectivity index (χ2v) is 5.64. The molecule has 3 rings (SSSR count). The Hall–Kier alpha value is -1.97. The third-order valence-electron chi connectivity index (χ3n) is 4.26. The van der Waals surface area contributed by atoms with Crippen molar-refractivity contribution in [1.82, 2.24) is 0 Å². The summed E-state index contributed by atoms with van der Waals surface area (Å²) in [6.07, 6.45) is -2.34. The van der Waals surface area contributed by atoms with Crippen LogP contribution in [0.15, 0.2) is 48.5 Å². The maximum atomic E-state index is 12.6. The molecule has 1 aliphatic rings. The van der Waals surface area contributed by atoms with Crippen molar-refractivity contribution in [1.29, 1.82) is 0 Å². The van der Waals surface area contributed by atoms with E-state index in [1.807, 2.05) is 18.2 Å². The van der Waals surface area contributed by atoms with E-state index in [1.165, 1.54) is 12.1 Å². The number of alkyl halides is 3. The number of nitrogens with zero attached hydrogens (tertiary/aromatic N) is 1. The van der Waals surface area contributed by atoms with Gasteiger partial charge in [0.2, 0.25) is 0 Å². The zero-order valence-electron chi connectivity index (χ0n) is 12.1. The van der Waals surface area contributed by atoms with Gasteiger partial charge in [-0.05, 0) is 54.7 Å².